The fraction of sp³-hybridized carbons (Fsp3) is 0.273. The van der Waals surface area contributed by atoms with Crippen LogP contribution in [0.2, 0.25) is 0 Å². The summed E-state index contributed by atoms with van der Waals surface area (Å²) in [5.41, 5.74) is 4.01. The van der Waals surface area contributed by atoms with Crippen LogP contribution in [-0.4, -0.2) is 47.5 Å². The highest BCUT2D eigenvalue weighted by atomic mass is 16.5. The Bertz CT molecular complexity index is 1230. The molecule has 1 fully saturated rings. The maximum Gasteiger partial charge on any atom is 0.256 e. The molecule has 1 saturated heterocycles. The number of amides is 1. The first kappa shape index (κ1) is 19.1. The molecule has 4 heterocycles. The van der Waals surface area contributed by atoms with Crippen LogP contribution in [0, 0.1) is 13.8 Å². The van der Waals surface area contributed by atoms with E-state index in [0.29, 0.717) is 29.5 Å². The van der Waals surface area contributed by atoms with E-state index in [0.717, 1.165) is 29.5 Å². The molecule has 1 aromatic carbocycles. The van der Waals surface area contributed by atoms with Gasteiger partial charge in [-0.1, -0.05) is 16.8 Å². The fourth-order valence-electron chi connectivity index (χ4n) is 3.94. The second-order valence-corrected chi connectivity index (χ2v) is 7.64. The smallest absolute Gasteiger partial charge is 0.256 e. The Morgan fingerprint density at radius 1 is 1.13 bits per heavy atom. The van der Waals surface area contributed by atoms with E-state index in [2.05, 4.69) is 25.3 Å². The van der Waals surface area contributed by atoms with E-state index >= 15 is 0 Å². The average molecular weight is 415 g/mol. The van der Waals surface area contributed by atoms with Gasteiger partial charge in [0.25, 0.3) is 5.91 Å². The third-order valence-corrected chi connectivity index (χ3v) is 5.54. The highest BCUT2D eigenvalue weighted by molar-refractivity contribution is 5.98. The third-order valence-electron chi connectivity index (χ3n) is 5.54. The maximum absolute atomic E-state index is 13.6. The van der Waals surface area contributed by atoms with Crippen molar-refractivity contribution < 1.29 is 9.32 Å². The number of rotatable bonds is 4. The molecule has 9 nitrogen and oxygen atoms in total. The molecular formula is C22H21N7O2. The summed E-state index contributed by atoms with van der Waals surface area (Å²) in [6, 6.07) is 7.30. The van der Waals surface area contributed by atoms with Crippen LogP contribution in [0.15, 0.2) is 53.6 Å². The van der Waals surface area contributed by atoms with Crippen LogP contribution >= 0.6 is 0 Å². The van der Waals surface area contributed by atoms with Crippen molar-refractivity contribution in [3.8, 4) is 17.1 Å². The Kier molecular flexibility index (Phi) is 4.78. The minimum absolute atomic E-state index is 0.101. The second-order valence-electron chi connectivity index (χ2n) is 7.64. The third kappa shape index (κ3) is 3.48. The minimum atomic E-state index is -0.273. The Morgan fingerprint density at radius 2 is 1.97 bits per heavy atom. The van der Waals surface area contributed by atoms with Crippen LogP contribution in [0.25, 0.3) is 17.1 Å². The number of nitrogens with zero attached hydrogens (tertiary/aromatic N) is 7. The summed E-state index contributed by atoms with van der Waals surface area (Å²) in [5.74, 6) is 0.822. The van der Waals surface area contributed by atoms with Crippen LogP contribution in [0.5, 0.6) is 0 Å². The van der Waals surface area contributed by atoms with Gasteiger partial charge >= 0.3 is 0 Å². The summed E-state index contributed by atoms with van der Waals surface area (Å²) in [6.07, 6.45) is 8.25. The molecule has 0 saturated carbocycles. The van der Waals surface area contributed by atoms with Crippen molar-refractivity contribution in [2.24, 2.45) is 0 Å². The molecule has 1 aliphatic rings. The maximum atomic E-state index is 13.6. The number of likely N-dealkylation sites (tertiary alicyclic amines) is 1. The Morgan fingerprint density at radius 3 is 2.77 bits per heavy atom. The SMILES string of the molecule is Cc1ccc(-n2nccn2)c(C(=O)N2CCCC2c2nc(-c3cnccc3C)no2)c1. The summed E-state index contributed by atoms with van der Waals surface area (Å²) < 4.78 is 5.59. The van der Waals surface area contributed by atoms with Gasteiger partial charge in [0.2, 0.25) is 11.7 Å². The van der Waals surface area contributed by atoms with Gasteiger partial charge in [-0.05, 0) is 50.5 Å². The van der Waals surface area contributed by atoms with Crippen molar-refractivity contribution in [3.63, 3.8) is 0 Å². The number of aryl methyl sites for hydroxylation is 2. The lowest BCUT2D eigenvalue weighted by molar-refractivity contribution is 0.0709. The van der Waals surface area contributed by atoms with E-state index in [9.17, 15) is 4.79 Å². The molecule has 0 radical (unpaired) electrons. The number of carbonyl (C=O) groups is 1. The van der Waals surface area contributed by atoms with Crippen LogP contribution in [0.4, 0.5) is 0 Å². The Labute approximate surface area is 178 Å². The minimum Gasteiger partial charge on any atom is -0.337 e. The molecule has 156 valence electrons. The highest BCUT2D eigenvalue weighted by Crippen LogP contribution is 2.34. The van der Waals surface area contributed by atoms with Crippen molar-refractivity contribution in [2.75, 3.05) is 6.54 Å². The molecular weight excluding hydrogens is 394 g/mol. The number of hydrogen-bond acceptors (Lipinski definition) is 7. The van der Waals surface area contributed by atoms with E-state index in [-0.39, 0.29) is 11.9 Å². The molecule has 0 N–H and O–H groups in total. The molecule has 3 aromatic heterocycles. The van der Waals surface area contributed by atoms with Gasteiger partial charge in [0.1, 0.15) is 6.04 Å². The fourth-order valence-corrected chi connectivity index (χ4v) is 3.94. The molecule has 5 rings (SSSR count). The highest BCUT2D eigenvalue weighted by Gasteiger charge is 2.35. The summed E-state index contributed by atoms with van der Waals surface area (Å²) in [5, 5.41) is 12.5. The molecule has 0 spiro atoms. The van der Waals surface area contributed by atoms with Gasteiger partial charge in [-0.15, -0.1) is 0 Å². The summed E-state index contributed by atoms with van der Waals surface area (Å²) in [7, 11) is 0. The zero-order chi connectivity index (χ0) is 21.4. The van der Waals surface area contributed by atoms with Gasteiger partial charge in [0.15, 0.2) is 0 Å². The second kappa shape index (κ2) is 7.75. The summed E-state index contributed by atoms with van der Waals surface area (Å²) in [6.45, 7) is 4.55. The quantitative estimate of drug-likeness (QED) is 0.504. The molecule has 4 aromatic rings. The van der Waals surface area contributed by atoms with E-state index in [4.69, 9.17) is 4.52 Å². The molecule has 31 heavy (non-hydrogen) atoms. The molecule has 1 unspecified atom stereocenters. The lowest BCUT2D eigenvalue weighted by Crippen LogP contribution is -2.31. The standard InChI is InChI=1S/C22H21N7O2/c1-14-5-6-18(29-24-9-10-25-29)16(12-14)22(30)28-11-3-4-19(28)21-26-20(27-31-21)17-13-23-8-7-15(17)2/h5-10,12-13,19H,3-4,11H2,1-2H3. The molecule has 1 atom stereocenters. The topological polar surface area (TPSA) is 103 Å². The van der Waals surface area contributed by atoms with E-state index in [1.165, 1.54) is 4.80 Å². The normalized spacial score (nSPS) is 16.1. The van der Waals surface area contributed by atoms with Gasteiger partial charge in [-0.25, -0.2) is 0 Å². The zero-order valence-electron chi connectivity index (χ0n) is 17.3. The lowest BCUT2D eigenvalue weighted by atomic mass is 10.1. The molecule has 1 amide bonds. The van der Waals surface area contributed by atoms with E-state index in [1.807, 2.05) is 38.1 Å². The van der Waals surface area contributed by atoms with Crippen LogP contribution in [-0.2, 0) is 0 Å². The van der Waals surface area contributed by atoms with Gasteiger partial charge in [-0.2, -0.15) is 20.0 Å². The predicted molar refractivity (Wildman–Crippen MR) is 111 cm³/mol. The van der Waals surface area contributed by atoms with Crippen molar-refractivity contribution >= 4 is 5.91 Å². The predicted octanol–water partition coefficient (Wildman–Crippen LogP) is 3.31. The van der Waals surface area contributed by atoms with Gasteiger partial charge < -0.3 is 9.42 Å². The van der Waals surface area contributed by atoms with Crippen LogP contribution < -0.4 is 0 Å². The van der Waals surface area contributed by atoms with E-state index in [1.54, 1.807) is 29.7 Å². The van der Waals surface area contributed by atoms with Crippen molar-refractivity contribution in [1.82, 2.24) is 35.0 Å². The lowest BCUT2D eigenvalue weighted by Gasteiger charge is -2.23. The number of pyridine rings is 1. The number of aromatic nitrogens is 6. The van der Waals surface area contributed by atoms with Crippen LogP contribution in [0.3, 0.4) is 0 Å². The monoisotopic (exact) mass is 415 g/mol. The largest absolute Gasteiger partial charge is 0.337 e. The Balaban J connectivity index is 1.48. The van der Waals surface area contributed by atoms with Crippen molar-refractivity contribution in [3.05, 3.63) is 71.6 Å². The first-order chi connectivity index (χ1) is 15.1. The van der Waals surface area contributed by atoms with Crippen molar-refractivity contribution in [2.45, 2.75) is 32.7 Å². The first-order valence-electron chi connectivity index (χ1n) is 10.1. The average Bonchev–Trinajstić information content (AvgIpc) is 3.54. The van der Waals surface area contributed by atoms with Gasteiger partial charge in [0.05, 0.1) is 23.6 Å². The molecule has 0 aliphatic carbocycles. The molecule has 0 bridgehead atoms. The van der Waals surface area contributed by atoms with Crippen molar-refractivity contribution in [1.29, 1.82) is 0 Å². The van der Waals surface area contributed by atoms with Crippen LogP contribution in [0.1, 0.15) is 46.3 Å². The first-order valence-corrected chi connectivity index (χ1v) is 10.1. The van der Waals surface area contributed by atoms with E-state index < -0.39 is 0 Å². The summed E-state index contributed by atoms with van der Waals surface area (Å²) >= 11 is 0. The number of hydrogen-bond donors (Lipinski definition) is 0. The zero-order valence-corrected chi connectivity index (χ0v) is 17.3. The molecule has 9 heteroatoms. The number of carbonyl (C=O) groups excluding carboxylic acids is 1. The Hall–Kier alpha value is -3.88. The van der Waals surface area contributed by atoms with Gasteiger partial charge in [0, 0.05) is 24.5 Å². The number of benzene rings is 1. The summed E-state index contributed by atoms with van der Waals surface area (Å²) in [4.78, 5) is 25.6. The van der Waals surface area contributed by atoms with Gasteiger partial charge in [-0.3, -0.25) is 9.78 Å². The molecule has 1 aliphatic heterocycles.